The standard InChI is InChI=1S/C15H21NO6/c1-3-8-21-11-4-6-12(7-5-11)22-10-14(17)16-13(9-20-2)15(18)19/h4-7,13H,3,8-10H2,1-2H3,(H,16,17)(H,18,19). The van der Waals surface area contributed by atoms with E-state index in [2.05, 4.69) is 5.32 Å². The third kappa shape index (κ3) is 6.45. The summed E-state index contributed by atoms with van der Waals surface area (Å²) in [6, 6.07) is 5.76. The lowest BCUT2D eigenvalue weighted by Crippen LogP contribution is -2.45. The lowest BCUT2D eigenvalue weighted by atomic mass is 10.3. The molecule has 7 heteroatoms. The van der Waals surface area contributed by atoms with Crippen molar-refractivity contribution in [2.24, 2.45) is 0 Å². The number of carbonyl (C=O) groups is 2. The Morgan fingerprint density at radius 2 is 1.77 bits per heavy atom. The molecular formula is C15H21NO6. The van der Waals surface area contributed by atoms with Gasteiger partial charge >= 0.3 is 5.97 Å². The molecule has 0 aromatic heterocycles. The highest BCUT2D eigenvalue weighted by Crippen LogP contribution is 2.17. The maximum atomic E-state index is 11.6. The number of benzene rings is 1. The molecule has 1 unspecified atom stereocenters. The summed E-state index contributed by atoms with van der Waals surface area (Å²) in [7, 11) is 1.36. The first kappa shape index (κ1) is 17.8. The fourth-order valence-electron chi connectivity index (χ4n) is 1.58. The van der Waals surface area contributed by atoms with E-state index in [9.17, 15) is 9.59 Å². The summed E-state index contributed by atoms with van der Waals surface area (Å²) < 4.78 is 15.4. The van der Waals surface area contributed by atoms with Gasteiger partial charge in [-0.3, -0.25) is 4.79 Å². The quantitative estimate of drug-likeness (QED) is 0.671. The van der Waals surface area contributed by atoms with Crippen molar-refractivity contribution in [1.82, 2.24) is 5.32 Å². The van der Waals surface area contributed by atoms with Crippen molar-refractivity contribution >= 4 is 11.9 Å². The molecule has 0 saturated heterocycles. The molecule has 2 N–H and O–H groups in total. The Morgan fingerprint density at radius 3 is 2.27 bits per heavy atom. The van der Waals surface area contributed by atoms with Crippen molar-refractivity contribution in [1.29, 1.82) is 0 Å². The molecule has 0 aliphatic carbocycles. The minimum atomic E-state index is -1.16. The van der Waals surface area contributed by atoms with Gasteiger partial charge in [0.05, 0.1) is 13.2 Å². The van der Waals surface area contributed by atoms with Crippen LogP contribution in [0.15, 0.2) is 24.3 Å². The molecule has 1 aromatic rings. The van der Waals surface area contributed by atoms with Crippen LogP contribution in [-0.4, -0.2) is 50.0 Å². The first-order valence-electron chi connectivity index (χ1n) is 6.93. The summed E-state index contributed by atoms with van der Waals surface area (Å²) in [4.78, 5) is 22.5. The van der Waals surface area contributed by atoms with E-state index in [4.69, 9.17) is 19.3 Å². The van der Waals surface area contributed by atoms with Crippen LogP contribution in [-0.2, 0) is 14.3 Å². The summed E-state index contributed by atoms with van der Waals surface area (Å²) in [5.41, 5.74) is 0. The fourth-order valence-corrected chi connectivity index (χ4v) is 1.58. The Morgan fingerprint density at radius 1 is 1.18 bits per heavy atom. The fraction of sp³-hybridized carbons (Fsp3) is 0.467. The number of hydrogen-bond donors (Lipinski definition) is 2. The van der Waals surface area contributed by atoms with Crippen LogP contribution in [0.3, 0.4) is 0 Å². The molecular weight excluding hydrogens is 290 g/mol. The molecule has 0 bridgehead atoms. The van der Waals surface area contributed by atoms with E-state index in [-0.39, 0.29) is 13.2 Å². The van der Waals surface area contributed by atoms with Crippen molar-refractivity contribution in [3.63, 3.8) is 0 Å². The van der Waals surface area contributed by atoms with E-state index >= 15 is 0 Å². The highest BCUT2D eigenvalue weighted by molar-refractivity contribution is 5.84. The molecule has 1 amide bonds. The van der Waals surface area contributed by atoms with Gasteiger partial charge in [-0.05, 0) is 30.7 Å². The first-order chi connectivity index (χ1) is 10.6. The van der Waals surface area contributed by atoms with E-state index in [0.717, 1.165) is 12.2 Å². The molecule has 1 atom stereocenters. The number of rotatable bonds is 10. The van der Waals surface area contributed by atoms with Crippen LogP contribution in [0.5, 0.6) is 11.5 Å². The zero-order chi connectivity index (χ0) is 16.4. The number of amides is 1. The molecule has 0 fully saturated rings. The molecule has 22 heavy (non-hydrogen) atoms. The summed E-state index contributed by atoms with van der Waals surface area (Å²) in [6.45, 7) is 2.27. The Labute approximate surface area is 129 Å². The first-order valence-corrected chi connectivity index (χ1v) is 6.93. The molecule has 0 heterocycles. The molecule has 0 aliphatic rings. The second-order valence-corrected chi connectivity index (χ2v) is 4.52. The van der Waals surface area contributed by atoms with Crippen LogP contribution in [0.4, 0.5) is 0 Å². The van der Waals surface area contributed by atoms with Crippen LogP contribution in [0.2, 0.25) is 0 Å². The van der Waals surface area contributed by atoms with Gasteiger partial charge < -0.3 is 24.6 Å². The van der Waals surface area contributed by atoms with Crippen LogP contribution in [0.25, 0.3) is 0 Å². The molecule has 122 valence electrons. The lowest BCUT2D eigenvalue weighted by molar-refractivity contribution is -0.143. The van der Waals surface area contributed by atoms with Crippen molar-refractivity contribution in [2.75, 3.05) is 26.9 Å². The van der Waals surface area contributed by atoms with Gasteiger partial charge in [0.25, 0.3) is 5.91 Å². The summed E-state index contributed by atoms with van der Waals surface area (Å²) >= 11 is 0. The molecule has 1 aromatic carbocycles. The molecule has 0 radical (unpaired) electrons. The number of carboxylic acid groups (broad SMARTS) is 1. The average Bonchev–Trinajstić information content (AvgIpc) is 2.51. The molecule has 0 saturated carbocycles. The number of nitrogens with one attached hydrogen (secondary N) is 1. The molecule has 1 rings (SSSR count). The van der Waals surface area contributed by atoms with Gasteiger partial charge in [-0.25, -0.2) is 4.79 Å². The van der Waals surface area contributed by atoms with Gasteiger partial charge in [0.15, 0.2) is 12.6 Å². The number of aliphatic carboxylic acids is 1. The van der Waals surface area contributed by atoms with Crippen LogP contribution in [0.1, 0.15) is 13.3 Å². The monoisotopic (exact) mass is 311 g/mol. The number of methoxy groups -OCH3 is 1. The zero-order valence-electron chi connectivity index (χ0n) is 12.7. The Hall–Kier alpha value is -2.28. The Balaban J connectivity index is 2.41. The zero-order valence-corrected chi connectivity index (χ0v) is 12.7. The predicted octanol–water partition coefficient (Wildman–Crippen LogP) is 1.07. The number of ether oxygens (including phenoxy) is 3. The second-order valence-electron chi connectivity index (χ2n) is 4.52. The predicted molar refractivity (Wildman–Crippen MR) is 79.2 cm³/mol. The van der Waals surface area contributed by atoms with E-state index < -0.39 is 17.9 Å². The normalized spacial score (nSPS) is 11.5. The van der Waals surface area contributed by atoms with Gasteiger partial charge in [0.1, 0.15) is 11.5 Å². The topological polar surface area (TPSA) is 94.1 Å². The third-order valence-electron chi connectivity index (χ3n) is 2.63. The van der Waals surface area contributed by atoms with E-state index in [0.29, 0.717) is 12.4 Å². The molecule has 0 aliphatic heterocycles. The minimum Gasteiger partial charge on any atom is -0.494 e. The highest BCUT2D eigenvalue weighted by Gasteiger charge is 2.19. The van der Waals surface area contributed by atoms with E-state index in [1.807, 2.05) is 6.92 Å². The number of hydrogen-bond acceptors (Lipinski definition) is 5. The van der Waals surface area contributed by atoms with Crippen molar-refractivity contribution in [3.05, 3.63) is 24.3 Å². The average molecular weight is 311 g/mol. The largest absolute Gasteiger partial charge is 0.494 e. The van der Waals surface area contributed by atoms with Gasteiger partial charge in [0, 0.05) is 7.11 Å². The summed E-state index contributed by atoms with van der Waals surface area (Å²) in [5.74, 6) is -0.467. The Kier molecular flexibility index (Phi) is 7.77. The van der Waals surface area contributed by atoms with Crippen LogP contribution in [0, 0.1) is 0 Å². The lowest BCUT2D eigenvalue weighted by Gasteiger charge is -2.14. The minimum absolute atomic E-state index is 0.107. The SMILES string of the molecule is CCCOc1ccc(OCC(=O)NC(COC)C(=O)O)cc1. The van der Waals surface area contributed by atoms with E-state index in [1.165, 1.54) is 7.11 Å². The van der Waals surface area contributed by atoms with Gasteiger partial charge in [-0.15, -0.1) is 0 Å². The summed E-state index contributed by atoms with van der Waals surface area (Å²) in [6.07, 6.45) is 0.921. The molecule has 0 spiro atoms. The second kappa shape index (κ2) is 9.62. The highest BCUT2D eigenvalue weighted by atomic mass is 16.5. The van der Waals surface area contributed by atoms with Gasteiger partial charge in [-0.2, -0.15) is 0 Å². The van der Waals surface area contributed by atoms with Crippen molar-refractivity contribution in [3.8, 4) is 11.5 Å². The molecule has 7 nitrogen and oxygen atoms in total. The van der Waals surface area contributed by atoms with Crippen LogP contribution < -0.4 is 14.8 Å². The van der Waals surface area contributed by atoms with Crippen molar-refractivity contribution < 1.29 is 28.9 Å². The maximum Gasteiger partial charge on any atom is 0.328 e. The van der Waals surface area contributed by atoms with Gasteiger partial charge in [-0.1, -0.05) is 6.92 Å². The van der Waals surface area contributed by atoms with Gasteiger partial charge in [0.2, 0.25) is 0 Å². The maximum absolute atomic E-state index is 11.6. The Bertz CT molecular complexity index is 473. The summed E-state index contributed by atoms with van der Waals surface area (Å²) in [5, 5.41) is 11.2. The van der Waals surface area contributed by atoms with Crippen LogP contribution >= 0.6 is 0 Å². The smallest absolute Gasteiger partial charge is 0.328 e. The number of carboxylic acids is 1. The van der Waals surface area contributed by atoms with E-state index in [1.54, 1.807) is 24.3 Å². The van der Waals surface area contributed by atoms with Crippen molar-refractivity contribution in [2.45, 2.75) is 19.4 Å². The number of carbonyl (C=O) groups excluding carboxylic acids is 1. The third-order valence-corrected chi connectivity index (χ3v) is 2.63.